The summed E-state index contributed by atoms with van der Waals surface area (Å²) in [7, 11) is 2.05. The number of halogens is 1. The summed E-state index contributed by atoms with van der Waals surface area (Å²) in [5.41, 5.74) is 0.442. The third-order valence-corrected chi connectivity index (χ3v) is 3.42. The van der Waals surface area contributed by atoms with Gasteiger partial charge in [-0.25, -0.2) is 4.39 Å². The van der Waals surface area contributed by atoms with Gasteiger partial charge in [0.1, 0.15) is 5.82 Å². The number of likely N-dealkylation sites (N-methyl/N-ethyl adjacent to an activating group) is 1. The van der Waals surface area contributed by atoms with Gasteiger partial charge in [-0.3, -0.25) is 4.79 Å². The molecule has 1 heterocycles. The van der Waals surface area contributed by atoms with Crippen LogP contribution in [-0.4, -0.2) is 48.4 Å². The van der Waals surface area contributed by atoms with Crippen molar-refractivity contribution in [3.05, 3.63) is 41.7 Å². The zero-order valence-electron chi connectivity index (χ0n) is 11.3. The molecule has 0 radical (unpaired) electrons. The van der Waals surface area contributed by atoms with Crippen LogP contribution in [0, 0.1) is 5.82 Å². The lowest BCUT2D eigenvalue weighted by Crippen LogP contribution is -2.52. The number of piperazine rings is 1. The predicted octanol–water partition coefficient (Wildman–Crippen LogP) is 2.00. The SMILES string of the molecule is CC1CN(C)CCN1C(=O)/C=C/c1ccccc1F. The van der Waals surface area contributed by atoms with Crippen molar-refractivity contribution in [3.8, 4) is 0 Å². The lowest BCUT2D eigenvalue weighted by atomic mass is 10.1. The van der Waals surface area contributed by atoms with Crippen LogP contribution in [0.1, 0.15) is 12.5 Å². The molecule has 1 aliphatic rings. The Kier molecular flexibility index (Phi) is 4.32. The summed E-state index contributed by atoms with van der Waals surface area (Å²) in [5.74, 6) is -0.359. The van der Waals surface area contributed by atoms with Gasteiger partial charge in [0.2, 0.25) is 5.91 Å². The van der Waals surface area contributed by atoms with Crippen LogP contribution in [0.5, 0.6) is 0 Å². The molecule has 1 saturated heterocycles. The van der Waals surface area contributed by atoms with Crippen molar-refractivity contribution in [2.75, 3.05) is 26.7 Å². The fraction of sp³-hybridized carbons (Fsp3) is 0.400. The summed E-state index contributed by atoms with van der Waals surface area (Å²) < 4.78 is 13.4. The number of benzene rings is 1. The van der Waals surface area contributed by atoms with E-state index in [0.717, 1.165) is 19.6 Å². The third kappa shape index (κ3) is 3.41. The second-order valence-electron chi connectivity index (χ2n) is 5.00. The number of hydrogen-bond donors (Lipinski definition) is 0. The first-order valence-corrected chi connectivity index (χ1v) is 6.49. The molecule has 2 rings (SSSR count). The highest BCUT2D eigenvalue weighted by molar-refractivity contribution is 5.92. The van der Waals surface area contributed by atoms with Gasteiger partial charge in [0.25, 0.3) is 0 Å². The van der Waals surface area contributed by atoms with E-state index in [1.807, 2.05) is 18.9 Å². The standard InChI is InChI=1S/C15H19FN2O/c1-12-11-17(2)9-10-18(12)15(19)8-7-13-5-3-4-6-14(13)16/h3-8,12H,9-11H2,1-2H3/b8-7+. The Morgan fingerprint density at radius 3 is 2.79 bits per heavy atom. The van der Waals surface area contributed by atoms with E-state index in [9.17, 15) is 9.18 Å². The van der Waals surface area contributed by atoms with Gasteiger partial charge in [-0.1, -0.05) is 18.2 Å². The number of rotatable bonds is 2. The maximum absolute atomic E-state index is 13.4. The highest BCUT2D eigenvalue weighted by Gasteiger charge is 2.23. The molecule has 0 aliphatic carbocycles. The molecule has 1 unspecified atom stereocenters. The molecule has 1 aromatic rings. The van der Waals surface area contributed by atoms with E-state index >= 15 is 0 Å². The van der Waals surface area contributed by atoms with Crippen LogP contribution in [0.15, 0.2) is 30.3 Å². The molecule has 0 N–H and O–H groups in total. The molecule has 1 atom stereocenters. The van der Waals surface area contributed by atoms with Crippen LogP contribution in [0.3, 0.4) is 0 Å². The van der Waals surface area contributed by atoms with Crippen LogP contribution < -0.4 is 0 Å². The molecule has 1 aliphatic heterocycles. The van der Waals surface area contributed by atoms with Gasteiger partial charge >= 0.3 is 0 Å². The Bertz CT molecular complexity index is 487. The first-order chi connectivity index (χ1) is 9.08. The molecule has 1 fully saturated rings. The lowest BCUT2D eigenvalue weighted by Gasteiger charge is -2.37. The van der Waals surface area contributed by atoms with Crippen molar-refractivity contribution in [2.24, 2.45) is 0 Å². The predicted molar refractivity (Wildman–Crippen MR) is 74.1 cm³/mol. The number of amides is 1. The van der Waals surface area contributed by atoms with Crippen LogP contribution in [0.2, 0.25) is 0 Å². The Balaban J connectivity index is 2.03. The van der Waals surface area contributed by atoms with Crippen molar-refractivity contribution in [2.45, 2.75) is 13.0 Å². The third-order valence-electron chi connectivity index (χ3n) is 3.42. The summed E-state index contributed by atoms with van der Waals surface area (Å²) in [6.45, 7) is 4.51. The van der Waals surface area contributed by atoms with Gasteiger partial charge in [-0.2, -0.15) is 0 Å². The Labute approximate surface area is 113 Å². The topological polar surface area (TPSA) is 23.6 Å². The molecule has 1 aromatic carbocycles. The van der Waals surface area contributed by atoms with Crippen LogP contribution >= 0.6 is 0 Å². The van der Waals surface area contributed by atoms with Crippen LogP contribution in [0.4, 0.5) is 4.39 Å². The molecule has 102 valence electrons. The van der Waals surface area contributed by atoms with E-state index in [2.05, 4.69) is 4.90 Å². The quantitative estimate of drug-likeness (QED) is 0.761. The highest BCUT2D eigenvalue weighted by Crippen LogP contribution is 2.11. The summed E-state index contributed by atoms with van der Waals surface area (Å²) in [5, 5.41) is 0. The molecular weight excluding hydrogens is 243 g/mol. The van der Waals surface area contributed by atoms with E-state index in [1.165, 1.54) is 12.1 Å². The largest absolute Gasteiger partial charge is 0.334 e. The van der Waals surface area contributed by atoms with Crippen molar-refractivity contribution in [1.29, 1.82) is 0 Å². The maximum atomic E-state index is 13.4. The van der Waals surface area contributed by atoms with Gasteiger partial charge < -0.3 is 9.80 Å². The van der Waals surface area contributed by atoms with Gasteiger partial charge in [-0.05, 0) is 26.1 Å². The van der Waals surface area contributed by atoms with Crippen LogP contribution in [0.25, 0.3) is 6.08 Å². The fourth-order valence-electron chi connectivity index (χ4n) is 2.33. The number of hydrogen-bond acceptors (Lipinski definition) is 2. The minimum Gasteiger partial charge on any atom is -0.334 e. The molecule has 0 bridgehead atoms. The molecule has 0 aromatic heterocycles. The average Bonchev–Trinajstić information content (AvgIpc) is 2.37. The summed E-state index contributed by atoms with van der Waals surface area (Å²) in [4.78, 5) is 16.1. The first-order valence-electron chi connectivity index (χ1n) is 6.49. The Morgan fingerprint density at radius 2 is 2.11 bits per heavy atom. The fourth-order valence-corrected chi connectivity index (χ4v) is 2.33. The van der Waals surface area contributed by atoms with E-state index in [1.54, 1.807) is 24.3 Å². The average molecular weight is 262 g/mol. The smallest absolute Gasteiger partial charge is 0.246 e. The summed E-state index contributed by atoms with van der Waals surface area (Å²) >= 11 is 0. The number of carbonyl (C=O) groups excluding carboxylic acids is 1. The van der Waals surface area contributed by atoms with Crippen molar-refractivity contribution < 1.29 is 9.18 Å². The van der Waals surface area contributed by atoms with Crippen LogP contribution in [-0.2, 0) is 4.79 Å². The lowest BCUT2D eigenvalue weighted by molar-refractivity contribution is -0.129. The normalized spacial score (nSPS) is 21.0. The Hall–Kier alpha value is -1.68. The van der Waals surface area contributed by atoms with E-state index in [4.69, 9.17) is 0 Å². The van der Waals surface area contributed by atoms with Gasteiger partial charge in [-0.15, -0.1) is 0 Å². The molecule has 4 heteroatoms. The molecule has 3 nitrogen and oxygen atoms in total. The Morgan fingerprint density at radius 1 is 1.37 bits per heavy atom. The van der Waals surface area contributed by atoms with Crippen molar-refractivity contribution in [1.82, 2.24) is 9.80 Å². The van der Waals surface area contributed by atoms with Gasteiger partial charge in [0.15, 0.2) is 0 Å². The minimum absolute atomic E-state index is 0.0520. The zero-order chi connectivity index (χ0) is 13.8. The molecule has 0 saturated carbocycles. The molecule has 0 spiro atoms. The zero-order valence-corrected chi connectivity index (χ0v) is 11.3. The molecule has 1 amide bonds. The monoisotopic (exact) mass is 262 g/mol. The number of carbonyl (C=O) groups is 1. The molecular formula is C15H19FN2O. The highest BCUT2D eigenvalue weighted by atomic mass is 19.1. The van der Waals surface area contributed by atoms with E-state index in [0.29, 0.717) is 5.56 Å². The van der Waals surface area contributed by atoms with Crippen molar-refractivity contribution in [3.63, 3.8) is 0 Å². The summed E-state index contributed by atoms with van der Waals surface area (Å²) in [6, 6.07) is 6.63. The van der Waals surface area contributed by atoms with Gasteiger partial charge in [0, 0.05) is 37.3 Å². The molecule has 19 heavy (non-hydrogen) atoms. The van der Waals surface area contributed by atoms with Gasteiger partial charge in [0.05, 0.1) is 0 Å². The second kappa shape index (κ2) is 5.97. The maximum Gasteiger partial charge on any atom is 0.246 e. The number of nitrogens with zero attached hydrogens (tertiary/aromatic N) is 2. The first kappa shape index (κ1) is 13.7. The summed E-state index contributed by atoms with van der Waals surface area (Å²) in [6.07, 6.45) is 3.00. The van der Waals surface area contributed by atoms with E-state index < -0.39 is 0 Å². The second-order valence-corrected chi connectivity index (χ2v) is 5.00. The van der Waals surface area contributed by atoms with E-state index in [-0.39, 0.29) is 17.8 Å². The van der Waals surface area contributed by atoms with Crippen molar-refractivity contribution >= 4 is 12.0 Å². The minimum atomic E-state index is -0.307.